The molecule has 1 aliphatic rings. The van der Waals surface area contributed by atoms with Crippen LogP contribution in [0.25, 0.3) is 11.1 Å². The lowest BCUT2D eigenvalue weighted by Crippen LogP contribution is -1.94. The first-order chi connectivity index (χ1) is 8.24. The highest BCUT2D eigenvalue weighted by Gasteiger charge is 2.12. The van der Waals surface area contributed by atoms with Gasteiger partial charge in [-0.2, -0.15) is 0 Å². The lowest BCUT2D eigenvalue weighted by Gasteiger charge is -2.07. The van der Waals surface area contributed by atoms with E-state index < -0.39 is 0 Å². The van der Waals surface area contributed by atoms with Crippen molar-refractivity contribution in [3.05, 3.63) is 47.2 Å². The number of hydrogen-bond acceptors (Lipinski definition) is 3. The molecule has 0 amide bonds. The molecule has 0 unspecified atom stereocenters. The second-order valence-electron chi connectivity index (χ2n) is 4.35. The van der Waals surface area contributed by atoms with E-state index in [9.17, 15) is 0 Å². The first-order valence-electron chi connectivity index (χ1n) is 5.67. The summed E-state index contributed by atoms with van der Waals surface area (Å²) in [6.45, 7) is 3.43. The van der Waals surface area contributed by atoms with Crippen LogP contribution in [0.15, 0.2) is 30.3 Å². The van der Waals surface area contributed by atoms with Crippen LogP contribution in [0, 0.1) is 6.92 Å². The van der Waals surface area contributed by atoms with Crippen LogP contribution in [-0.4, -0.2) is 4.98 Å². The van der Waals surface area contributed by atoms with Crippen LogP contribution in [0.1, 0.15) is 16.8 Å². The molecule has 0 radical (unpaired) electrons. The Morgan fingerprint density at radius 2 is 1.94 bits per heavy atom. The second-order valence-corrected chi connectivity index (χ2v) is 4.35. The number of aryl methyl sites for hydroxylation is 1. The van der Waals surface area contributed by atoms with Crippen LogP contribution in [0.3, 0.4) is 0 Å². The molecule has 3 rings (SSSR count). The highest BCUT2D eigenvalue weighted by molar-refractivity contribution is 5.68. The van der Waals surface area contributed by atoms with Crippen molar-refractivity contribution in [2.45, 2.75) is 20.1 Å². The topological polar surface area (TPSA) is 48.1 Å². The zero-order valence-electron chi connectivity index (χ0n) is 9.73. The van der Waals surface area contributed by atoms with Gasteiger partial charge in [-0.1, -0.05) is 12.1 Å². The van der Waals surface area contributed by atoms with E-state index >= 15 is 0 Å². The molecule has 0 atom stereocenters. The number of pyridine rings is 1. The van der Waals surface area contributed by atoms with Crippen molar-refractivity contribution in [3.8, 4) is 11.1 Å². The molecule has 0 fully saturated rings. The van der Waals surface area contributed by atoms with E-state index in [0.717, 1.165) is 17.9 Å². The number of nitrogens with two attached hydrogens (primary N) is 1. The highest BCUT2D eigenvalue weighted by atomic mass is 16.5. The molecule has 1 aliphatic heterocycles. The van der Waals surface area contributed by atoms with Gasteiger partial charge in [-0.3, -0.25) is 0 Å². The monoisotopic (exact) mass is 226 g/mol. The third-order valence-electron chi connectivity index (χ3n) is 3.14. The normalized spacial score (nSPS) is 13.7. The van der Waals surface area contributed by atoms with Crippen molar-refractivity contribution in [2.75, 3.05) is 5.73 Å². The van der Waals surface area contributed by atoms with Gasteiger partial charge in [0, 0.05) is 11.3 Å². The van der Waals surface area contributed by atoms with Gasteiger partial charge in [0.2, 0.25) is 0 Å². The van der Waals surface area contributed by atoms with E-state index in [-0.39, 0.29) is 0 Å². The van der Waals surface area contributed by atoms with Crippen molar-refractivity contribution >= 4 is 5.82 Å². The lowest BCUT2D eigenvalue weighted by molar-refractivity contribution is 0.134. The summed E-state index contributed by atoms with van der Waals surface area (Å²) in [6.07, 6.45) is 0. The van der Waals surface area contributed by atoms with Gasteiger partial charge in [0.15, 0.2) is 0 Å². The number of nitrogens with zero attached hydrogens (tertiary/aromatic N) is 1. The maximum atomic E-state index is 5.66. The van der Waals surface area contributed by atoms with Gasteiger partial charge in [-0.25, -0.2) is 4.98 Å². The molecule has 0 saturated heterocycles. The third-order valence-corrected chi connectivity index (χ3v) is 3.14. The standard InChI is InChI=1S/C14H14N2O/c1-9-13(4-5-14(15)16-9)10-2-3-11-7-17-8-12(11)6-10/h2-6H,7-8H2,1H3,(H2,15,16). The number of hydrogen-bond donors (Lipinski definition) is 1. The molecule has 1 aromatic carbocycles. The maximum absolute atomic E-state index is 5.66. The Morgan fingerprint density at radius 3 is 2.76 bits per heavy atom. The number of ether oxygens (including phenoxy) is 1. The summed E-state index contributed by atoms with van der Waals surface area (Å²) in [4.78, 5) is 4.29. The van der Waals surface area contributed by atoms with Crippen molar-refractivity contribution in [1.82, 2.24) is 4.98 Å². The molecule has 0 bridgehead atoms. The number of fused-ring (bicyclic) bond motifs is 1. The predicted octanol–water partition coefficient (Wildman–Crippen LogP) is 2.67. The summed E-state index contributed by atoms with van der Waals surface area (Å²) in [5.74, 6) is 0.566. The van der Waals surface area contributed by atoms with E-state index in [4.69, 9.17) is 10.5 Å². The smallest absolute Gasteiger partial charge is 0.123 e. The minimum absolute atomic E-state index is 0.566. The summed E-state index contributed by atoms with van der Waals surface area (Å²) in [5, 5.41) is 0. The maximum Gasteiger partial charge on any atom is 0.123 e. The SMILES string of the molecule is Cc1nc(N)ccc1-c1ccc2c(c1)COC2. The zero-order chi connectivity index (χ0) is 11.8. The average molecular weight is 226 g/mol. The first kappa shape index (κ1) is 10.3. The summed E-state index contributed by atoms with van der Waals surface area (Å²) in [6, 6.07) is 10.3. The Morgan fingerprint density at radius 1 is 1.12 bits per heavy atom. The molecule has 0 saturated carbocycles. The second kappa shape index (κ2) is 3.86. The number of nitrogen functional groups attached to an aromatic ring is 1. The van der Waals surface area contributed by atoms with Gasteiger partial charge < -0.3 is 10.5 Å². The third kappa shape index (κ3) is 1.78. The van der Waals surface area contributed by atoms with E-state index in [1.165, 1.54) is 16.7 Å². The summed E-state index contributed by atoms with van der Waals surface area (Å²) in [5.41, 5.74) is 11.5. The molecule has 2 aromatic rings. The van der Waals surface area contributed by atoms with Crippen molar-refractivity contribution in [1.29, 1.82) is 0 Å². The molecule has 3 heteroatoms. The van der Waals surface area contributed by atoms with Gasteiger partial charge >= 0.3 is 0 Å². The fourth-order valence-electron chi connectivity index (χ4n) is 2.23. The molecule has 3 nitrogen and oxygen atoms in total. The van der Waals surface area contributed by atoms with Crippen LogP contribution in [-0.2, 0) is 18.0 Å². The summed E-state index contributed by atoms with van der Waals surface area (Å²) in [7, 11) is 0. The minimum Gasteiger partial charge on any atom is -0.384 e. The summed E-state index contributed by atoms with van der Waals surface area (Å²) < 4.78 is 5.42. The Labute approximate surface area is 100 Å². The predicted molar refractivity (Wildman–Crippen MR) is 67.3 cm³/mol. The van der Waals surface area contributed by atoms with Crippen LogP contribution >= 0.6 is 0 Å². The van der Waals surface area contributed by atoms with Crippen LogP contribution in [0.4, 0.5) is 5.82 Å². The number of aromatic nitrogens is 1. The van der Waals surface area contributed by atoms with E-state index in [2.05, 4.69) is 23.2 Å². The average Bonchev–Trinajstić information content (AvgIpc) is 2.75. The van der Waals surface area contributed by atoms with Gasteiger partial charge in [0.1, 0.15) is 5.82 Å². The van der Waals surface area contributed by atoms with E-state index in [1.54, 1.807) is 0 Å². The molecule has 2 N–H and O–H groups in total. The fraction of sp³-hybridized carbons (Fsp3) is 0.214. The molecule has 0 spiro atoms. The molecular weight excluding hydrogens is 212 g/mol. The molecule has 2 heterocycles. The van der Waals surface area contributed by atoms with Gasteiger partial charge in [-0.15, -0.1) is 0 Å². The fourth-order valence-corrected chi connectivity index (χ4v) is 2.23. The molecule has 1 aromatic heterocycles. The molecule has 17 heavy (non-hydrogen) atoms. The van der Waals surface area contributed by atoms with Crippen molar-refractivity contribution in [2.24, 2.45) is 0 Å². The van der Waals surface area contributed by atoms with E-state index in [0.29, 0.717) is 12.4 Å². The van der Waals surface area contributed by atoms with Crippen LogP contribution in [0.5, 0.6) is 0 Å². The van der Waals surface area contributed by atoms with Gasteiger partial charge in [0.05, 0.1) is 13.2 Å². The molecular formula is C14H14N2O. The van der Waals surface area contributed by atoms with E-state index in [1.807, 2.05) is 19.1 Å². The Kier molecular flexibility index (Phi) is 2.34. The van der Waals surface area contributed by atoms with Crippen molar-refractivity contribution in [3.63, 3.8) is 0 Å². The van der Waals surface area contributed by atoms with Crippen molar-refractivity contribution < 1.29 is 4.74 Å². The largest absolute Gasteiger partial charge is 0.384 e. The zero-order valence-corrected chi connectivity index (χ0v) is 9.73. The number of anilines is 1. The lowest BCUT2D eigenvalue weighted by atomic mass is 10.00. The number of rotatable bonds is 1. The summed E-state index contributed by atoms with van der Waals surface area (Å²) >= 11 is 0. The van der Waals surface area contributed by atoms with Crippen LogP contribution < -0.4 is 5.73 Å². The Hall–Kier alpha value is -1.87. The number of benzene rings is 1. The van der Waals surface area contributed by atoms with Crippen LogP contribution in [0.2, 0.25) is 0 Å². The van der Waals surface area contributed by atoms with Gasteiger partial charge in [0.25, 0.3) is 0 Å². The molecule has 86 valence electrons. The Balaban J connectivity index is 2.09. The van der Waals surface area contributed by atoms with Gasteiger partial charge in [-0.05, 0) is 41.8 Å². The first-order valence-corrected chi connectivity index (χ1v) is 5.67. The minimum atomic E-state index is 0.566. The Bertz CT molecular complexity index is 578. The highest BCUT2D eigenvalue weighted by Crippen LogP contribution is 2.28. The molecule has 0 aliphatic carbocycles. The quantitative estimate of drug-likeness (QED) is 0.813.